The van der Waals surface area contributed by atoms with E-state index in [1.165, 1.54) is 0 Å². The van der Waals surface area contributed by atoms with Crippen LogP contribution in [-0.4, -0.2) is 11.9 Å². The van der Waals surface area contributed by atoms with E-state index < -0.39 is 0 Å². The molecular weight excluding hydrogens is 180 g/mol. The van der Waals surface area contributed by atoms with Crippen LogP contribution in [0.4, 0.5) is 11.4 Å². The summed E-state index contributed by atoms with van der Waals surface area (Å²) >= 11 is 0. The third kappa shape index (κ3) is 3.02. The number of nitrogens with two attached hydrogens (primary N) is 4. The smallest absolute Gasteiger partial charge is 0.223 e. The number of hydrogen-bond donors (Lipinski definition) is 4. The fraction of sp³-hybridized carbons (Fsp3) is 0. The molecule has 1 rings (SSSR count). The minimum atomic E-state index is -0.123. The average Bonchev–Trinajstić information content (AvgIpc) is 2.07. The first kappa shape index (κ1) is 9.85. The molecule has 0 amide bonds. The topological polar surface area (TPSA) is 129 Å². The van der Waals surface area contributed by atoms with Gasteiger partial charge in [0.2, 0.25) is 5.96 Å². The fourth-order valence-electron chi connectivity index (χ4n) is 0.838. The lowest BCUT2D eigenvalue weighted by Crippen LogP contribution is -2.26. The molecule has 0 atom stereocenters. The van der Waals surface area contributed by atoms with Crippen LogP contribution < -0.4 is 22.9 Å². The molecule has 8 N–H and O–H groups in total. The molecule has 0 aromatic heterocycles. The lowest BCUT2D eigenvalue weighted by atomic mass is 10.3. The highest BCUT2D eigenvalue weighted by molar-refractivity contribution is 5.93. The zero-order valence-corrected chi connectivity index (χ0v) is 7.51. The number of anilines is 1. The summed E-state index contributed by atoms with van der Waals surface area (Å²) < 4.78 is 0. The van der Waals surface area contributed by atoms with Crippen LogP contribution in [0.5, 0.6) is 0 Å². The maximum Gasteiger partial charge on any atom is 0.223 e. The van der Waals surface area contributed by atoms with Crippen molar-refractivity contribution in [3.8, 4) is 0 Å². The summed E-state index contributed by atoms with van der Waals surface area (Å²) in [7, 11) is 0. The number of rotatable bonds is 1. The molecule has 0 aliphatic rings. The quantitative estimate of drug-likeness (QED) is 0.271. The van der Waals surface area contributed by atoms with Gasteiger partial charge in [-0.1, -0.05) is 0 Å². The maximum atomic E-state index is 5.49. The maximum absolute atomic E-state index is 5.49. The molecule has 0 saturated carbocycles. The Morgan fingerprint density at radius 2 is 1.57 bits per heavy atom. The van der Waals surface area contributed by atoms with Gasteiger partial charge in [-0.25, -0.2) is 4.99 Å². The lowest BCUT2D eigenvalue weighted by Gasteiger charge is -1.96. The van der Waals surface area contributed by atoms with Crippen LogP contribution in [0.15, 0.2) is 34.3 Å². The van der Waals surface area contributed by atoms with Crippen molar-refractivity contribution in [2.24, 2.45) is 27.2 Å². The van der Waals surface area contributed by atoms with E-state index in [0.29, 0.717) is 11.4 Å². The molecule has 1 aromatic carbocycles. The molecule has 0 spiro atoms. The predicted molar refractivity (Wildman–Crippen MR) is 57.9 cm³/mol. The normalized spacial score (nSPS) is 11.0. The van der Waals surface area contributed by atoms with Gasteiger partial charge in [0.15, 0.2) is 5.96 Å². The molecule has 0 bridgehead atoms. The van der Waals surface area contributed by atoms with Gasteiger partial charge in [-0.3, -0.25) is 0 Å². The molecule has 0 saturated heterocycles. The van der Waals surface area contributed by atoms with E-state index in [2.05, 4.69) is 9.98 Å². The molecule has 0 radical (unpaired) electrons. The molecule has 0 heterocycles. The van der Waals surface area contributed by atoms with Gasteiger partial charge < -0.3 is 22.9 Å². The highest BCUT2D eigenvalue weighted by atomic mass is 15.1. The van der Waals surface area contributed by atoms with Crippen molar-refractivity contribution in [1.29, 1.82) is 0 Å². The molecule has 0 aliphatic heterocycles. The first-order valence-electron chi connectivity index (χ1n) is 3.87. The van der Waals surface area contributed by atoms with Crippen LogP contribution >= 0.6 is 0 Å². The Morgan fingerprint density at radius 1 is 1.00 bits per heavy atom. The van der Waals surface area contributed by atoms with E-state index in [-0.39, 0.29) is 11.9 Å². The Hall–Kier alpha value is -2.24. The monoisotopic (exact) mass is 192 g/mol. The molecule has 1 aromatic rings. The summed E-state index contributed by atoms with van der Waals surface area (Å²) in [6, 6.07) is 6.85. The van der Waals surface area contributed by atoms with Gasteiger partial charge in [0.05, 0.1) is 5.69 Å². The van der Waals surface area contributed by atoms with E-state index in [0.717, 1.165) is 0 Å². The zero-order chi connectivity index (χ0) is 10.6. The number of nitrogen functional groups attached to an aromatic ring is 1. The molecule has 14 heavy (non-hydrogen) atoms. The van der Waals surface area contributed by atoms with Crippen molar-refractivity contribution in [2.75, 3.05) is 5.73 Å². The van der Waals surface area contributed by atoms with Crippen LogP contribution in [0.3, 0.4) is 0 Å². The standard InChI is InChI=1S/C8H12N6/c9-5-1-3-6(4-2-5)13-8(12)14-7(10)11/h1-4H,9H2,(H6,10,11,12,13,14). The van der Waals surface area contributed by atoms with Gasteiger partial charge in [0.25, 0.3) is 0 Å². The van der Waals surface area contributed by atoms with E-state index in [4.69, 9.17) is 22.9 Å². The van der Waals surface area contributed by atoms with E-state index >= 15 is 0 Å². The number of aliphatic imine (C=N–C) groups is 2. The van der Waals surface area contributed by atoms with Crippen LogP contribution in [0, 0.1) is 0 Å². The lowest BCUT2D eigenvalue weighted by molar-refractivity contribution is 1.38. The van der Waals surface area contributed by atoms with Gasteiger partial charge in [-0.05, 0) is 24.3 Å². The summed E-state index contributed by atoms with van der Waals surface area (Å²) in [4.78, 5) is 7.50. The van der Waals surface area contributed by atoms with Crippen molar-refractivity contribution in [2.45, 2.75) is 0 Å². The number of benzene rings is 1. The number of guanidine groups is 2. The van der Waals surface area contributed by atoms with Crippen molar-refractivity contribution >= 4 is 23.3 Å². The van der Waals surface area contributed by atoms with E-state index in [1.54, 1.807) is 24.3 Å². The third-order valence-electron chi connectivity index (χ3n) is 1.38. The van der Waals surface area contributed by atoms with Gasteiger partial charge in [-0.15, -0.1) is 0 Å². The second-order valence-corrected chi connectivity index (χ2v) is 2.60. The molecular formula is C8H12N6. The SMILES string of the molecule is NC(N)=NC(N)=Nc1ccc(N)cc1. The van der Waals surface area contributed by atoms with Gasteiger partial charge in [-0.2, -0.15) is 4.99 Å². The summed E-state index contributed by atoms with van der Waals surface area (Å²) in [5.74, 6) is -0.114. The Labute approximate surface area is 81.3 Å². The first-order chi connectivity index (χ1) is 6.58. The van der Waals surface area contributed by atoms with Crippen molar-refractivity contribution in [3.05, 3.63) is 24.3 Å². The van der Waals surface area contributed by atoms with Gasteiger partial charge in [0.1, 0.15) is 0 Å². The summed E-state index contributed by atoms with van der Waals surface area (Å²) in [6.07, 6.45) is 0. The van der Waals surface area contributed by atoms with Crippen LogP contribution in [0.1, 0.15) is 0 Å². The summed E-state index contributed by atoms with van der Waals surface area (Å²) in [5, 5.41) is 0. The Balaban J connectivity index is 2.87. The minimum absolute atomic E-state index is 0.00905. The van der Waals surface area contributed by atoms with Crippen molar-refractivity contribution in [1.82, 2.24) is 0 Å². The average molecular weight is 192 g/mol. The van der Waals surface area contributed by atoms with Crippen molar-refractivity contribution < 1.29 is 0 Å². The second-order valence-electron chi connectivity index (χ2n) is 2.60. The second kappa shape index (κ2) is 4.13. The van der Waals surface area contributed by atoms with Gasteiger partial charge in [0, 0.05) is 5.69 Å². The van der Waals surface area contributed by atoms with Crippen LogP contribution in [0.2, 0.25) is 0 Å². The highest BCUT2D eigenvalue weighted by Gasteiger charge is 1.92. The number of nitrogens with zero attached hydrogens (tertiary/aromatic N) is 2. The minimum Gasteiger partial charge on any atom is -0.399 e. The number of hydrogen-bond acceptors (Lipinski definition) is 2. The molecule has 74 valence electrons. The largest absolute Gasteiger partial charge is 0.399 e. The molecule has 0 aliphatic carbocycles. The van der Waals surface area contributed by atoms with Gasteiger partial charge >= 0.3 is 0 Å². The van der Waals surface area contributed by atoms with E-state index in [1.807, 2.05) is 0 Å². The summed E-state index contributed by atoms with van der Waals surface area (Å²) in [6.45, 7) is 0. The summed E-state index contributed by atoms with van der Waals surface area (Å²) in [5.41, 5.74) is 22.4. The van der Waals surface area contributed by atoms with Crippen LogP contribution in [0.25, 0.3) is 0 Å². The zero-order valence-electron chi connectivity index (χ0n) is 7.51. The molecule has 6 nitrogen and oxygen atoms in total. The fourth-order valence-corrected chi connectivity index (χ4v) is 0.838. The van der Waals surface area contributed by atoms with Crippen molar-refractivity contribution in [3.63, 3.8) is 0 Å². The first-order valence-corrected chi connectivity index (χ1v) is 3.87. The molecule has 6 heteroatoms. The van der Waals surface area contributed by atoms with Crippen LogP contribution in [-0.2, 0) is 0 Å². The highest BCUT2D eigenvalue weighted by Crippen LogP contribution is 2.13. The Bertz CT molecular complexity index is 360. The Morgan fingerprint density at radius 3 is 2.07 bits per heavy atom. The molecule has 0 fully saturated rings. The predicted octanol–water partition coefficient (Wildman–Crippen LogP) is -0.512. The van der Waals surface area contributed by atoms with E-state index in [9.17, 15) is 0 Å². The Kier molecular flexibility index (Phi) is 2.90. The molecule has 0 unspecified atom stereocenters. The third-order valence-corrected chi connectivity index (χ3v) is 1.38.